The van der Waals surface area contributed by atoms with Crippen LogP contribution in [0.2, 0.25) is 5.02 Å². The average molecular weight is 458 g/mol. The molecule has 1 N–H and O–H groups in total. The zero-order valence-corrected chi connectivity index (χ0v) is 19.2. The number of nitrogens with zero attached hydrogens (tertiary/aromatic N) is 2. The Hall–Kier alpha value is -2.90. The van der Waals surface area contributed by atoms with Crippen molar-refractivity contribution in [3.05, 3.63) is 87.7 Å². The van der Waals surface area contributed by atoms with Gasteiger partial charge in [-0.2, -0.15) is 5.10 Å². The molecule has 162 valence electrons. The molecule has 0 fully saturated rings. The highest BCUT2D eigenvalue weighted by Gasteiger charge is 2.12. The SMILES string of the molecule is CCS(=O)(=O)Nc1ccc(C(=O)/C=C/c2c(C)nn(Cc3ccccc3Cl)c2C)cc1. The summed E-state index contributed by atoms with van der Waals surface area (Å²) in [7, 11) is -3.35. The largest absolute Gasteiger partial charge is 0.289 e. The lowest BCUT2D eigenvalue weighted by atomic mass is 10.1. The van der Waals surface area contributed by atoms with Gasteiger partial charge >= 0.3 is 0 Å². The Morgan fingerprint density at radius 2 is 1.81 bits per heavy atom. The lowest BCUT2D eigenvalue weighted by Crippen LogP contribution is -2.14. The second-order valence-electron chi connectivity index (χ2n) is 7.11. The van der Waals surface area contributed by atoms with E-state index in [0.29, 0.717) is 22.8 Å². The molecule has 0 aliphatic carbocycles. The second-order valence-corrected chi connectivity index (χ2v) is 9.53. The predicted octanol–water partition coefficient (Wildman–Crippen LogP) is 4.86. The Balaban J connectivity index is 1.75. The molecule has 8 heteroatoms. The molecule has 0 saturated carbocycles. The molecular formula is C23H24ClN3O3S. The van der Waals surface area contributed by atoms with E-state index in [0.717, 1.165) is 22.5 Å². The summed E-state index contributed by atoms with van der Waals surface area (Å²) in [6, 6.07) is 14.0. The van der Waals surface area contributed by atoms with Gasteiger partial charge in [0.1, 0.15) is 0 Å². The number of aromatic nitrogens is 2. The molecule has 1 heterocycles. The smallest absolute Gasteiger partial charge is 0.232 e. The number of carbonyl (C=O) groups is 1. The molecule has 3 rings (SSSR count). The number of rotatable bonds is 8. The predicted molar refractivity (Wildman–Crippen MR) is 125 cm³/mol. The fourth-order valence-corrected chi connectivity index (χ4v) is 3.94. The van der Waals surface area contributed by atoms with Crippen molar-refractivity contribution in [2.45, 2.75) is 27.3 Å². The first-order valence-corrected chi connectivity index (χ1v) is 11.8. The molecule has 0 bridgehead atoms. The number of sulfonamides is 1. The number of hydrogen-bond donors (Lipinski definition) is 1. The van der Waals surface area contributed by atoms with Crippen molar-refractivity contribution >= 4 is 39.2 Å². The molecule has 0 atom stereocenters. The van der Waals surface area contributed by atoms with E-state index in [1.165, 1.54) is 6.08 Å². The maximum Gasteiger partial charge on any atom is 0.232 e. The van der Waals surface area contributed by atoms with Crippen molar-refractivity contribution in [3.63, 3.8) is 0 Å². The van der Waals surface area contributed by atoms with Gasteiger partial charge in [0, 0.05) is 27.5 Å². The van der Waals surface area contributed by atoms with Gasteiger partial charge in [0.25, 0.3) is 0 Å². The van der Waals surface area contributed by atoms with Crippen LogP contribution >= 0.6 is 11.6 Å². The fourth-order valence-electron chi connectivity index (χ4n) is 3.10. The molecule has 0 saturated heterocycles. The van der Waals surface area contributed by atoms with Crippen LogP contribution in [0.15, 0.2) is 54.6 Å². The summed E-state index contributed by atoms with van der Waals surface area (Å²) < 4.78 is 27.6. The van der Waals surface area contributed by atoms with Crippen molar-refractivity contribution in [3.8, 4) is 0 Å². The molecule has 0 radical (unpaired) electrons. The van der Waals surface area contributed by atoms with Crippen LogP contribution < -0.4 is 4.72 Å². The van der Waals surface area contributed by atoms with E-state index >= 15 is 0 Å². The molecule has 1 aromatic heterocycles. The summed E-state index contributed by atoms with van der Waals surface area (Å²) in [5, 5.41) is 5.27. The topological polar surface area (TPSA) is 81.1 Å². The Kier molecular flexibility index (Phi) is 6.97. The van der Waals surface area contributed by atoms with Crippen molar-refractivity contribution in [1.29, 1.82) is 0 Å². The Morgan fingerprint density at radius 1 is 1.13 bits per heavy atom. The lowest BCUT2D eigenvalue weighted by Gasteiger charge is -2.07. The van der Waals surface area contributed by atoms with Gasteiger partial charge in [0.15, 0.2) is 5.78 Å². The molecule has 0 aliphatic heterocycles. The minimum absolute atomic E-state index is 0.0146. The number of anilines is 1. The van der Waals surface area contributed by atoms with Gasteiger partial charge in [0.2, 0.25) is 10.0 Å². The van der Waals surface area contributed by atoms with E-state index < -0.39 is 10.0 Å². The van der Waals surface area contributed by atoms with Crippen LogP contribution in [0.5, 0.6) is 0 Å². The number of nitrogens with one attached hydrogen (secondary N) is 1. The first-order valence-electron chi connectivity index (χ1n) is 9.80. The van der Waals surface area contributed by atoms with E-state index in [9.17, 15) is 13.2 Å². The summed E-state index contributed by atoms with van der Waals surface area (Å²) in [5.74, 6) is -0.193. The summed E-state index contributed by atoms with van der Waals surface area (Å²) in [4.78, 5) is 12.6. The zero-order chi connectivity index (χ0) is 22.6. The highest BCUT2D eigenvalue weighted by molar-refractivity contribution is 7.92. The molecule has 31 heavy (non-hydrogen) atoms. The maximum absolute atomic E-state index is 12.6. The number of aryl methyl sites for hydroxylation is 1. The minimum atomic E-state index is -3.35. The van der Waals surface area contributed by atoms with Crippen molar-refractivity contribution < 1.29 is 13.2 Å². The van der Waals surface area contributed by atoms with Crippen molar-refractivity contribution in [1.82, 2.24) is 9.78 Å². The highest BCUT2D eigenvalue weighted by atomic mass is 35.5. The Labute approximate surface area is 187 Å². The van der Waals surface area contributed by atoms with Crippen molar-refractivity contribution in [2.24, 2.45) is 0 Å². The first kappa shape index (κ1) is 22.8. The van der Waals surface area contributed by atoms with Crippen LogP contribution in [-0.4, -0.2) is 29.7 Å². The summed E-state index contributed by atoms with van der Waals surface area (Å²) in [5.41, 5.74) is 4.50. The lowest BCUT2D eigenvalue weighted by molar-refractivity contribution is 0.104. The Bertz CT molecular complexity index is 1230. The fraction of sp³-hybridized carbons (Fsp3) is 0.217. The van der Waals surface area contributed by atoms with E-state index in [1.807, 2.05) is 42.8 Å². The van der Waals surface area contributed by atoms with E-state index in [1.54, 1.807) is 37.3 Å². The molecule has 0 unspecified atom stereocenters. The average Bonchev–Trinajstić information content (AvgIpc) is 3.01. The summed E-state index contributed by atoms with van der Waals surface area (Å²) in [6.07, 6.45) is 3.26. The van der Waals surface area contributed by atoms with Crippen LogP contribution in [0, 0.1) is 13.8 Å². The number of halogens is 1. The molecule has 0 amide bonds. The number of carbonyl (C=O) groups excluding carboxylic acids is 1. The van der Waals surface area contributed by atoms with E-state index in [-0.39, 0.29) is 11.5 Å². The third-order valence-corrected chi connectivity index (χ3v) is 6.62. The quantitative estimate of drug-likeness (QED) is 0.387. The van der Waals surface area contributed by atoms with Gasteiger partial charge in [-0.1, -0.05) is 29.8 Å². The van der Waals surface area contributed by atoms with Crippen LogP contribution in [-0.2, 0) is 16.6 Å². The Morgan fingerprint density at radius 3 is 2.45 bits per heavy atom. The highest BCUT2D eigenvalue weighted by Crippen LogP contribution is 2.21. The van der Waals surface area contributed by atoms with E-state index in [2.05, 4.69) is 9.82 Å². The zero-order valence-electron chi connectivity index (χ0n) is 17.6. The summed E-state index contributed by atoms with van der Waals surface area (Å²) >= 11 is 6.26. The first-order chi connectivity index (χ1) is 14.7. The van der Waals surface area contributed by atoms with Gasteiger partial charge in [0.05, 0.1) is 18.0 Å². The minimum Gasteiger partial charge on any atom is -0.289 e. The second kappa shape index (κ2) is 9.49. The molecule has 2 aromatic carbocycles. The normalized spacial score (nSPS) is 11.7. The number of benzene rings is 2. The molecule has 3 aromatic rings. The van der Waals surface area contributed by atoms with Gasteiger partial charge in [-0.15, -0.1) is 0 Å². The molecular weight excluding hydrogens is 434 g/mol. The van der Waals surface area contributed by atoms with Crippen LogP contribution in [0.4, 0.5) is 5.69 Å². The van der Waals surface area contributed by atoms with Crippen LogP contribution in [0.1, 0.15) is 39.8 Å². The van der Waals surface area contributed by atoms with Crippen LogP contribution in [0.25, 0.3) is 6.08 Å². The van der Waals surface area contributed by atoms with Crippen LogP contribution in [0.3, 0.4) is 0 Å². The standard InChI is InChI=1S/C23H24ClN3O3S/c1-4-31(29,30)26-20-11-9-18(10-12-20)23(28)14-13-21-16(2)25-27(17(21)3)15-19-7-5-6-8-22(19)24/h5-14,26H,4,15H2,1-3H3/b14-13+. The molecule has 0 spiro atoms. The number of hydrogen-bond acceptors (Lipinski definition) is 4. The van der Waals surface area contributed by atoms with Crippen molar-refractivity contribution in [2.75, 3.05) is 10.5 Å². The summed E-state index contributed by atoms with van der Waals surface area (Å²) in [6.45, 7) is 5.96. The maximum atomic E-state index is 12.6. The van der Waals surface area contributed by atoms with Gasteiger partial charge in [-0.3, -0.25) is 14.2 Å². The number of allylic oxidation sites excluding steroid dienone is 1. The van der Waals surface area contributed by atoms with E-state index in [4.69, 9.17) is 11.6 Å². The van der Waals surface area contributed by atoms with Gasteiger partial charge in [-0.25, -0.2) is 8.42 Å². The number of ketones is 1. The van der Waals surface area contributed by atoms with Gasteiger partial charge < -0.3 is 0 Å². The molecule has 6 nitrogen and oxygen atoms in total. The third kappa shape index (κ3) is 5.62. The monoisotopic (exact) mass is 457 g/mol. The molecule has 0 aliphatic rings. The third-order valence-electron chi connectivity index (χ3n) is 4.94. The van der Waals surface area contributed by atoms with Gasteiger partial charge in [-0.05, 0) is 68.8 Å².